The Labute approximate surface area is 121 Å². The van der Waals surface area contributed by atoms with Gasteiger partial charge in [-0.2, -0.15) is 0 Å². The molecule has 0 fully saturated rings. The molecule has 0 aliphatic carbocycles. The van der Waals surface area contributed by atoms with Gasteiger partial charge < -0.3 is 10.0 Å². The average molecular weight is 291 g/mol. The zero-order chi connectivity index (χ0) is 15.6. The van der Waals surface area contributed by atoms with E-state index in [1.807, 2.05) is 19.1 Å². The number of carboxylic acids is 1. The zero-order valence-electron chi connectivity index (χ0n) is 11.7. The van der Waals surface area contributed by atoms with E-state index in [4.69, 9.17) is 5.11 Å². The topological polar surface area (TPSA) is 40.5 Å². The van der Waals surface area contributed by atoms with E-state index in [9.17, 15) is 13.6 Å². The monoisotopic (exact) mass is 291 g/mol. The van der Waals surface area contributed by atoms with E-state index in [1.54, 1.807) is 19.1 Å². The first-order chi connectivity index (χ1) is 9.95. The van der Waals surface area contributed by atoms with Crippen LogP contribution in [0.1, 0.15) is 22.8 Å². The third kappa shape index (κ3) is 2.86. The molecule has 0 aliphatic rings. The van der Waals surface area contributed by atoms with Gasteiger partial charge in [0.05, 0.1) is 5.56 Å². The third-order valence-corrected chi connectivity index (χ3v) is 3.26. The van der Waals surface area contributed by atoms with Crippen LogP contribution in [0.15, 0.2) is 36.4 Å². The van der Waals surface area contributed by atoms with Crippen molar-refractivity contribution in [2.24, 2.45) is 0 Å². The Morgan fingerprint density at radius 2 is 1.76 bits per heavy atom. The van der Waals surface area contributed by atoms with Crippen LogP contribution in [0, 0.1) is 18.6 Å². The lowest BCUT2D eigenvalue weighted by atomic mass is 10.1. The molecule has 0 saturated heterocycles. The van der Waals surface area contributed by atoms with Crippen LogP contribution in [0.2, 0.25) is 0 Å². The van der Waals surface area contributed by atoms with Crippen LogP contribution in [0.3, 0.4) is 0 Å². The summed E-state index contributed by atoms with van der Waals surface area (Å²) < 4.78 is 28.4. The summed E-state index contributed by atoms with van der Waals surface area (Å²) in [6.45, 7) is 3.97. The van der Waals surface area contributed by atoms with Crippen LogP contribution in [0.4, 0.5) is 20.2 Å². The van der Waals surface area contributed by atoms with E-state index >= 15 is 0 Å². The molecule has 2 rings (SSSR count). The molecule has 0 atom stereocenters. The van der Waals surface area contributed by atoms with Gasteiger partial charge in [0.2, 0.25) is 0 Å². The first-order valence-corrected chi connectivity index (χ1v) is 6.51. The fourth-order valence-corrected chi connectivity index (χ4v) is 2.26. The smallest absolute Gasteiger partial charge is 0.335 e. The zero-order valence-corrected chi connectivity index (χ0v) is 11.7. The van der Waals surface area contributed by atoms with Gasteiger partial charge in [-0.15, -0.1) is 0 Å². The molecule has 0 bridgehead atoms. The second-order valence-electron chi connectivity index (χ2n) is 4.62. The van der Waals surface area contributed by atoms with E-state index < -0.39 is 23.2 Å². The lowest BCUT2D eigenvalue weighted by Gasteiger charge is -2.26. The van der Waals surface area contributed by atoms with Gasteiger partial charge in [-0.25, -0.2) is 13.6 Å². The standard InChI is InChI=1S/C16H15F2NO2/c1-3-19(14-7-5-4-6-10(14)2)15-12(17)8-11(16(20)21)9-13(15)18/h4-9H,3H2,1-2H3,(H,20,21). The van der Waals surface area contributed by atoms with Gasteiger partial charge in [0.25, 0.3) is 0 Å². The van der Waals surface area contributed by atoms with Gasteiger partial charge in [0.15, 0.2) is 11.6 Å². The van der Waals surface area contributed by atoms with Crippen LogP contribution in [-0.4, -0.2) is 17.6 Å². The number of hydrogen-bond donors (Lipinski definition) is 1. The Hall–Kier alpha value is -2.43. The van der Waals surface area contributed by atoms with Crippen LogP contribution in [0.25, 0.3) is 0 Å². The SMILES string of the molecule is CCN(c1ccccc1C)c1c(F)cc(C(=O)O)cc1F. The highest BCUT2D eigenvalue weighted by Gasteiger charge is 2.21. The molecule has 21 heavy (non-hydrogen) atoms. The number of hydrogen-bond acceptors (Lipinski definition) is 2. The summed E-state index contributed by atoms with van der Waals surface area (Å²) in [5.41, 5.74) is 0.910. The largest absolute Gasteiger partial charge is 0.478 e. The first-order valence-electron chi connectivity index (χ1n) is 6.51. The van der Waals surface area contributed by atoms with Crippen LogP contribution < -0.4 is 4.90 Å². The highest BCUT2D eigenvalue weighted by atomic mass is 19.1. The predicted octanol–water partition coefficient (Wildman–Crippen LogP) is 4.13. The maximum atomic E-state index is 14.2. The van der Waals surface area contributed by atoms with Gasteiger partial charge in [-0.3, -0.25) is 0 Å². The molecule has 0 amide bonds. The second kappa shape index (κ2) is 5.91. The molecule has 0 radical (unpaired) electrons. The molecule has 0 aliphatic heterocycles. The van der Waals surface area contributed by atoms with Crippen molar-refractivity contribution < 1.29 is 18.7 Å². The Morgan fingerprint density at radius 3 is 2.24 bits per heavy atom. The number of aromatic carboxylic acids is 1. The quantitative estimate of drug-likeness (QED) is 0.920. The Balaban J connectivity index is 2.59. The van der Waals surface area contributed by atoms with E-state index in [0.29, 0.717) is 12.2 Å². The Morgan fingerprint density at radius 1 is 1.19 bits per heavy atom. The lowest BCUT2D eigenvalue weighted by Crippen LogP contribution is -2.20. The van der Waals surface area contributed by atoms with Crippen molar-refractivity contribution in [3.05, 3.63) is 59.2 Å². The minimum absolute atomic E-state index is 0.239. The van der Waals surface area contributed by atoms with Crippen molar-refractivity contribution in [1.29, 1.82) is 0 Å². The van der Waals surface area contributed by atoms with Crippen molar-refractivity contribution in [3.8, 4) is 0 Å². The van der Waals surface area contributed by atoms with E-state index in [1.165, 1.54) is 4.90 Å². The molecule has 2 aromatic rings. The van der Waals surface area contributed by atoms with Crippen molar-refractivity contribution in [3.63, 3.8) is 0 Å². The van der Waals surface area contributed by atoms with Crippen molar-refractivity contribution >= 4 is 17.3 Å². The minimum Gasteiger partial charge on any atom is -0.478 e. The normalized spacial score (nSPS) is 10.5. The predicted molar refractivity (Wildman–Crippen MR) is 77.2 cm³/mol. The molecule has 1 N–H and O–H groups in total. The molecular formula is C16H15F2NO2. The summed E-state index contributed by atoms with van der Waals surface area (Å²) in [5.74, 6) is -3.15. The van der Waals surface area contributed by atoms with E-state index in [-0.39, 0.29) is 5.69 Å². The minimum atomic E-state index is -1.36. The number of aryl methyl sites for hydroxylation is 1. The average Bonchev–Trinajstić information content (AvgIpc) is 2.43. The molecule has 110 valence electrons. The number of benzene rings is 2. The van der Waals surface area contributed by atoms with Crippen molar-refractivity contribution in [2.75, 3.05) is 11.4 Å². The summed E-state index contributed by atoms with van der Waals surface area (Å²) in [4.78, 5) is 12.3. The lowest BCUT2D eigenvalue weighted by molar-refractivity contribution is 0.0696. The summed E-state index contributed by atoms with van der Waals surface area (Å²) >= 11 is 0. The fourth-order valence-electron chi connectivity index (χ4n) is 2.26. The van der Waals surface area contributed by atoms with Gasteiger partial charge >= 0.3 is 5.97 Å². The van der Waals surface area contributed by atoms with Crippen LogP contribution in [-0.2, 0) is 0 Å². The van der Waals surface area contributed by atoms with E-state index in [0.717, 1.165) is 17.7 Å². The van der Waals surface area contributed by atoms with Crippen molar-refractivity contribution in [1.82, 2.24) is 0 Å². The molecule has 5 heteroatoms. The summed E-state index contributed by atoms with van der Waals surface area (Å²) in [6, 6.07) is 8.91. The molecule has 0 saturated carbocycles. The number of rotatable bonds is 4. The summed E-state index contributed by atoms with van der Waals surface area (Å²) in [7, 11) is 0. The van der Waals surface area contributed by atoms with Gasteiger partial charge in [0, 0.05) is 12.2 Å². The number of nitrogens with zero attached hydrogens (tertiary/aromatic N) is 1. The summed E-state index contributed by atoms with van der Waals surface area (Å²) in [5, 5.41) is 8.83. The maximum Gasteiger partial charge on any atom is 0.335 e. The molecule has 0 unspecified atom stereocenters. The fraction of sp³-hybridized carbons (Fsp3) is 0.188. The number of carboxylic acid groups (broad SMARTS) is 1. The number of halogens is 2. The Bertz CT molecular complexity index is 663. The first kappa shape index (κ1) is 15.0. The number of anilines is 2. The maximum absolute atomic E-state index is 14.2. The molecule has 0 spiro atoms. The Kier molecular flexibility index (Phi) is 4.21. The molecule has 3 nitrogen and oxygen atoms in total. The van der Waals surface area contributed by atoms with Crippen molar-refractivity contribution in [2.45, 2.75) is 13.8 Å². The second-order valence-corrected chi connectivity index (χ2v) is 4.62. The van der Waals surface area contributed by atoms with Crippen LogP contribution in [0.5, 0.6) is 0 Å². The van der Waals surface area contributed by atoms with E-state index in [2.05, 4.69) is 0 Å². The molecule has 0 heterocycles. The summed E-state index contributed by atoms with van der Waals surface area (Å²) in [6.07, 6.45) is 0. The van der Waals surface area contributed by atoms with Gasteiger partial charge in [0.1, 0.15) is 5.69 Å². The van der Waals surface area contributed by atoms with Gasteiger partial charge in [-0.1, -0.05) is 18.2 Å². The number of carbonyl (C=O) groups is 1. The molecule has 2 aromatic carbocycles. The molecular weight excluding hydrogens is 276 g/mol. The third-order valence-electron chi connectivity index (χ3n) is 3.26. The van der Waals surface area contributed by atoms with Crippen LogP contribution >= 0.6 is 0 Å². The number of para-hydroxylation sites is 1. The van der Waals surface area contributed by atoms with Gasteiger partial charge in [-0.05, 0) is 37.6 Å². The highest BCUT2D eigenvalue weighted by Crippen LogP contribution is 2.32. The highest BCUT2D eigenvalue weighted by molar-refractivity contribution is 5.88. The molecule has 0 aromatic heterocycles.